The lowest BCUT2D eigenvalue weighted by Crippen LogP contribution is -2.22. The second kappa shape index (κ2) is 5.25. The summed E-state index contributed by atoms with van der Waals surface area (Å²) >= 11 is 5.12. The van der Waals surface area contributed by atoms with E-state index in [1.807, 2.05) is 0 Å². The van der Waals surface area contributed by atoms with Gasteiger partial charge in [-0.05, 0) is 44.5 Å². The van der Waals surface area contributed by atoms with E-state index in [2.05, 4.69) is 41.6 Å². The van der Waals surface area contributed by atoms with E-state index in [1.54, 1.807) is 4.68 Å². The predicted molar refractivity (Wildman–Crippen MR) is 86.0 cm³/mol. The van der Waals surface area contributed by atoms with Crippen LogP contribution in [0.3, 0.4) is 0 Å². The van der Waals surface area contributed by atoms with Crippen LogP contribution in [0.1, 0.15) is 24.0 Å². The summed E-state index contributed by atoms with van der Waals surface area (Å²) in [5.41, 5.74) is 10.4. The highest BCUT2D eigenvalue weighted by Crippen LogP contribution is 2.32. The number of rotatable bonds is 1. The molecule has 3 N–H and O–H groups in total. The van der Waals surface area contributed by atoms with Crippen LogP contribution >= 0.6 is 12.2 Å². The Morgan fingerprint density at radius 3 is 3.00 bits per heavy atom. The summed E-state index contributed by atoms with van der Waals surface area (Å²) in [7, 11) is 0. The molecule has 0 saturated carbocycles. The number of thiocarbonyl (C=S) groups is 1. The Hall–Kier alpha value is -1.88. The number of aryl methyl sites for hydroxylation is 1. The quantitative estimate of drug-likeness (QED) is 0.791. The average Bonchev–Trinajstić information content (AvgIpc) is 2.61. The zero-order valence-electron chi connectivity index (χ0n) is 11.5. The molecule has 0 unspecified atom stereocenters. The Morgan fingerprint density at radius 1 is 1.40 bits per heavy atom. The van der Waals surface area contributed by atoms with Gasteiger partial charge in [0.25, 0.3) is 0 Å². The Balaban J connectivity index is 2.18. The Kier molecular flexibility index (Phi) is 3.44. The second-order valence-electron chi connectivity index (χ2n) is 5.18. The number of hydrogen-bond acceptors (Lipinski definition) is 3. The maximum Gasteiger partial charge on any atom is 0.193 e. The van der Waals surface area contributed by atoms with Gasteiger partial charge in [-0.25, -0.2) is 0 Å². The van der Waals surface area contributed by atoms with Crippen molar-refractivity contribution in [2.45, 2.75) is 26.2 Å². The minimum absolute atomic E-state index is 0.287. The molecule has 104 valence electrons. The van der Waals surface area contributed by atoms with Crippen LogP contribution in [0.25, 0.3) is 11.3 Å². The van der Waals surface area contributed by atoms with E-state index in [1.165, 1.54) is 11.1 Å². The predicted octanol–water partition coefficient (Wildman–Crippen LogP) is 2.70. The van der Waals surface area contributed by atoms with Gasteiger partial charge < -0.3 is 11.1 Å². The summed E-state index contributed by atoms with van der Waals surface area (Å²) in [4.78, 5) is 0. The first-order valence-electron chi connectivity index (χ1n) is 6.89. The maximum atomic E-state index is 5.80. The molecule has 1 aromatic heterocycles. The molecular weight excluding hydrogens is 268 g/mol. The van der Waals surface area contributed by atoms with Gasteiger partial charge >= 0.3 is 0 Å². The molecule has 5 heteroatoms. The molecule has 0 spiro atoms. The smallest absolute Gasteiger partial charge is 0.193 e. The van der Waals surface area contributed by atoms with Gasteiger partial charge in [-0.15, -0.1) is 0 Å². The van der Waals surface area contributed by atoms with Crippen molar-refractivity contribution in [1.29, 1.82) is 0 Å². The van der Waals surface area contributed by atoms with Crippen LogP contribution in [-0.2, 0) is 6.42 Å². The van der Waals surface area contributed by atoms with Crippen molar-refractivity contribution in [2.24, 2.45) is 5.73 Å². The van der Waals surface area contributed by atoms with E-state index in [9.17, 15) is 0 Å². The highest BCUT2D eigenvalue weighted by Gasteiger charge is 2.21. The van der Waals surface area contributed by atoms with Gasteiger partial charge in [0.2, 0.25) is 0 Å². The molecule has 0 fully saturated rings. The van der Waals surface area contributed by atoms with Gasteiger partial charge in [0.15, 0.2) is 5.11 Å². The van der Waals surface area contributed by atoms with Crippen LogP contribution in [0.5, 0.6) is 0 Å². The van der Waals surface area contributed by atoms with Crippen molar-refractivity contribution in [3.63, 3.8) is 0 Å². The zero-order chi connectivity index (χ0) is 14.1. The van der Waals surface area contributed by atoms with Crippen molar-refractivity contribution in [2.75, 3.05) is 11.9 Å². The van der Waals surface area contributed by atoms with Gasteiger partial charge in [0.1, 0.15) is 5.82 Å². The first-order valence-corrected chi connectivity index (χ1v) is 7.30. The van der Waals surface area contributed by atoms with Gasteiger partial charge in [-0.3, -0.25) is 0 Å². The molecule has 20 heavy (non-hydrogen) atoms. The Morgan fingerprint density at radius 2 is 2.25 bits per heavy atom. The molecule has 2 heterocycles. The molecule has 0 saturated heterocycles. The molecule has 0 radical (unpaired) electrons. The summed E-state index contributed by atoms with van der Waals surface area (Å²) in [5.74, 6) is 0.964. The number of nitrogens with one attached hydrogen (secondary N) is 1. The number of nitrogens with two attached hydrogens (primary N) is 1. The van der Waals surface area contributed by atoms with E-state index in [0.29, 0.717) is 0 Å². The van der Waals surface area contributed by atoms with E-state index in [-0.39, 0.29) is 5.11 Å². The lowest BCUT2D eigenvalue weighted by atomic mass is 10.0. The lowest BCUT2D eigenvalue weighted by Gasteiger charge is -2.06. The standard InChI is InChI=1S/C15H18N4S/c1-10-5-4-6-11(9-10)13-12-7-2-3-8-17-14(12)19(18-13)15(16)20/h4-6,9,17H,2-3,7-8H2,1H3,(H2,16,20). The number of fused-ring (bicyclic) bond motifs is 1. The highest BCUT2D eigenvalue weighted by molar-refractivity contribution is 7.80. The highest BCUT2D eigenvalue weighted by atomic mass is 32.1. The van der Waals surface area contributed by atoms with E-state index >= 15 is 0 Å². The van der Waals surface area contributed by atoms with E-state index < -0.39 is 0 Å². The van der Waals surface area contributed by atoms with Crippen LogP contribution in [0.4, 0.5) is 5.82 Å². The van der Waals surface area contributed by atoms with Gasteiger partial charge in [0.05, 0.1) is 5.69 Å². The number of aromatic nitrogens is 2. The monoisotopic (exact) mass is 286 g/mol. The summed E-state index contributed by atoms with van der Waals surface area (Å²) in [5, 5.41) is 8.33. The van der Waals surface area contributed by atoms with Crippen LogP contribution < -0.4 is 11.1 Å². The molecule has 1 aliphatic rings. The van der Waals surface area contributed by atoms with Crippen molar-refractivity contribution in [3.05, 3.63) is 35.4 Å². The Bertz CT molecular complexity index is 660. The van der Waals surface area contributed by atoms with Gasteiger partial charge in [0, 0.05) is 17.7 Å². The summed E-state index contributed by atoms with van der Waals surface area (Å²) in [6, 6.07) is 8.38. The van der Waals surface area contributed by atoms with E-state index in [4.69, 9.17) is 18.0 Å². The summed E-state index contributed by atoms with van der Waals surface area (Å²) in [6.07, 6.45) is 3.31. The number of hydrogen-bond donors (Lipinski definition) is 2. The molecule has 1 aliphatic heterocycles. The van der Waals surface area contributed by atoms with Crippen molar-refractivity contribution in [3.8, 4) is 11.3 Å². The van der Waals surface area contributed by atoms with Crippen LogP contribution in [-0.4, -0.2) is 21.4 Å². The largest absolute Gasteiger partial charge is 0.374 e. The number of benzene rings is 1. The third-order valence-corrected chi connectivity index (χ3v) is 3.80. The molecule has 0 atom stereocenters. The van der Waals surface area contributed by atoms with Gasteiger partial charge in [-0.2, -0.15) is 9.78 Å². The molecular formula is C15H18N4S. The first-order chi connectivity index (χ1) is 9.66. The van der Waals surface area contributed by atoms with Crippen molar-refractivity contribution in [1.82, 2.24) is 9.78 Å². The molecule has 1 aromatic carbocycles. The van der Waals surface area contributed by atoms with Crippen LogP contribution in [0.15, 0.2) is 24.3 Å². The fourth-order valence-electron chi connectivity index (χ4n) is 2.69. The molecule has 2 aromatic rings. The lowest BCUT2D eigenvalue weighted by molar-refractivity contribution is 0.782. The number of anilines is 1. The fraction of sp³-hybridized carbons (Fsp3) is 0.333. The van der Waals surface area contributed by atoms with Crippen LogP contribution in [0, 0.1) is 6.92 Å². The molecule has 0 aliphatic carbocycles. The Labute approximate surface area is 124 Å². The number of nitrogens with zero attached hydrogens (tertiary/aromatic N) is 2. The minimum atomic E-state index is 0.287. The van der Waals surface area contributed by atoms with Gasteiger partial charge in [-0.1, -0.05) is 23.8 Å². The molecule has 0 bridgehead atoms. The molecule has 0 amide bonds. The van der Waals surface area contributed by atoms with Crippen molar-refractivity contribution >= 4 is 23.1 Å². The fourth-order valence-corrected chi connectivity index (χ4v) is 2.82. The molecule has 3 rings (SSSR count). The van der Waals surface area contributed by atoms with E-state index in [0.717, 1.165) is 42.9 Å². The normalized spacial score (nSPS) is 14.2. The minimum Gasteiger partial charge on any atom is -0.374 e. The second-order valence-corrected chi connectivity index (χ2v) is 5.60. The zero-order valence-corrected chi connectivity index (χ0v) is 12.3. The maximum absolute atomic E-state index is 5.80. The topological polar surface area (TPSA) is 55.9 Å². The van der Waals surface area contributed by atoms with Crippen LogP contribution in [0.2, 0.25) is 0 Å². The van der Waals surface area contributed by atoms with Crippen molar-refractivity contribution < 1.29 is 0 Å². The summed E-state index contributed by atoms with van der Waals surface area (Å²) < 4.78 is 1.66. The molecule has 4 nitrogen and oxygen atoms in total. The first kappa shape index (κ1) is 13.1. The SMILES string of the molecule is Cc1cccc(-c2nn(C(N)=S)c3c2CCCCN3)c1. The third-order valence-electron chi connectivity index (χ3n) is 3.63. The average molecular weight is 286 g/mol. The third kappa shape index (κ3) is 2.29. The summed E-state index contributed by atoms with van der Waals surface area (Å²) in [6.45, 7) is 3.03.